The number of hydrogen-bond acceptors (Lipinski definition) is 9. The molecule has 2 saturated heterocycles. The van der Waals surface area contributed by atoms with Gasteiger partial charge in [-0.2, -0.15) is 0 Å². The SMILES string of the molecule is O=C1OC[C@@H](Cc2ccccc2)N1Cc1cn([C@@H]2O[C@H](CO)[C@@H](O)[C@H](O)[C@H]2O)nn1. The highest BCUT2D eigenvalue weighted by atomic mass is 16.6. The Labute approximate surface area is 172 Å². The molecule has 0 aliphatic carbocycles. The van der Waals surface area contributed by atoms with E-state index in [0.717, 1.165) is 5.56 Å². The Morgan fingerprint density at radius 3 is 2.60 bits per heavy atom. The number of carbonyl (C=O) groups excluding carboxylic acids is 1. The minimum Gasteiger partial charge on any atom is -0.447 e. The quantitative estimate of drug-likeness (QED) is 0.452. The lowest BCUT2D eigenvalue weighted by atomic mass is 9.98. The van der Waals surface area contributed by atoms with E-state index in [4.69, 9.17) is 9.47 Å². The second-order valence-electron chi connectivity index (χ2n) is 7.46. The van der Waals surface area contributed by atoms with Gasteiger partial charge in [0.1, 0.15) is 36.7 Å². The van der Waals surface area contributed by atoms with Gasteiger partial charge in [-0.05, 0) is 12.0 Å². The Morgan fingerprint density at radius 1 is 1.10 bits per heavy atom. The molecular weight excluding hydrogens is 396 g/mol. The van der Waals surface area contributed by atoms with E-state index in [9.17, 15) is 25.2 Å². The van der Waals surface area contributed by atoms with Gasteiger partial charge in [-0.25, -0.2) is 9.48 Å². The van der Waals surface area contributed by atoms with Crippen LogP contribution in [0.1, 0.15) is 17.5 Å². The summed E-state index contributed by atoms with van der Waals surface area (Å²) in [6.07, 6.45) is -4.97. The summed E-state index contributed by atoms with van der Waals surface area (Å²) in [5.41, 5.74) is 1.51. The molecule has 30 heavy (non-hydrogen) atoms. The van der Waals surface area contributed by atoms with Crippen LogP contribution in [0.2, 0.25) is 0 Å². The molecule has 11 nitrogen and oxygen atoms in total. The van der Waals surface area contributed by atoms with Gasteiger partial charge in [-0.3, -0.25) is 4.90 Å². The van der Waals surface area contributed by atoms with Gasteiger partial charge in [0.05, 0.1) is 25.4 Å². The van der Waals surface area contributed by atoms with Gasteiger partial charge in [0, 0.05) is 0 Å². The molecule has 0 saturated carbocycles. The van der Waals surface area contributed by atoms with Crippen molar-refractivity contribution in [2.45, 2.75) is 49.7 Å². The maximum Gasteiger partial charge on any atom is 0.410 e. The molecule has 1 aromatic carbocycles. The Balaban J connectivity index is 1.46. The summed E-state index contributed by atoms with van der Waals surface area (Å²) >= 11 is 0. The van der Waals surface area contributed by atoms with Gasteiger partial charge in [0.15, 0.2) is 6.23 Å². The lowest BCUT2D eigenvalue weighted by molar-refractivity contribution is -0.254. The zero-order valence-corrected chi connectivity index (χ0v) is 16.1. The van der Waals surface area contributed by atoms with E-state index in [0.29, 0.717) is 12.1 Å². The number of ether oxygens (including phenoxy) is 2. The molecule has 162 valence electrons. The second kappa shape index (κ2) is 8.66. The number of cyclic esters (lactones) is 1. The van der Waals surface area contributed by atoms with E-state index in [-0.39, 0.29) is 19.2 Å². The first-order valence-electron chi connectivity index (χ1n) is 9.66. The Morgan fingerprint density at radius 2 is 1.87 bits per heavy atom. The third-order valence-electron chi connectivity index (χ3n) is 5.41. The van der Waals surface area contributed by atoms with Crippen molar-refractivity contribution >= 4 is 6.09 Å². The molecule has 2 aliphatic rings. The number of benzene rings is 1. The van der Waals surface area contributed by atoms with Crippen molar-refractivity contribution in [1.29, 1.82) is 0 Å². The van der Waals surface area contributed by atoms with Crippen LogP contribution in [0.4, 0.5) is 4.79 Å². The molecule has 0 unspecified atom stereocenters. The average Bonchev–Trinajstić information content (AvgIpc) is 3.35. The molecule has 3 heterocycles. The highest BCUT2D eigenvalue weighted by Crippen LogP contribution is 2.28. The van der Waals surface area contributed by atoms with E-state index in [1.54, 1.807) is 4.90 Å². The summed E-state index contributed by atoms with van der Waals surface area (Å²) in [5.74, 6) is 0. The third kappa shape index (κ3) is 4.02. The summed E-state index contributed by atoms with van der Waals surface area (Å²) in [6.45, 7) is -0.119. The number of nitrogens with zero attached hydrogens (tertiary/aromatic N) is 4. The third-order valence-corrected chi connectivity index (χ3v) is 5.41. The van der Waals surface area contributed by atoms with Crippen LogP contribution in [-0.4, -0.2) is 90.1 Å². The van der Waals surface area contributed by atoms with Crippen molar-refractivity contribution in [3.63, 3.8) is 0 Å². The zero-order valence-electron chi connectivity index (χ0n) is 16.1. The molecule has 1 amide bonds. The minimum absolute atomic E-state index is 0.147. The van der Waals surface area contributed by atoms with Crippen LogP contribution >= 0.6 is 0 Å². The highest BCUT2D eigenvalue weighted by molar-refractivity contribution is 5.70. The summed E-state index contributed by atoms with van der Waals surface area (Å²) in [6, 6.07) is 9.60. The first-order valence-corrected chi connectivity index (χ1v) is 9.66. The van der Waals surface area contributed by atoms with Crippen LogP contribution in [0, 0.1) is 0 Å². The molecular formula is C19H24N4O7. The number of carbonyl (C=O) groups is 1. The average molecular weight is 420 g/mol. The standard InChI is InChI=1S/C19H24N4O7/c24-9-14-15(25)16(26)17(27)18(30-14)23-8-12(20-21-23)7-22-13(10-29-19(22)28)6-11-4-2-1-3-5-11/h1-5,8,13-18,24-27H,6-7,9-10H2/t13-,14-,15-,16+,17-,18-/m1/s1. The van der Waals surface area contributed by atoms with E-state index in [2.05, 4.69) is 10.3 Å². The maximum atomic E-state index is 12.2. The van der Waals surface area contributed by atoms with Gasteiger partial charge >= 0.3 is 6.09 Å². The van der Waals surface area contributed by atoms with Crippen LogP contribution in [-0.2, 0) is 22.4 Å². The summed E-state index contributed by atoms with van der Waals surface area (Å²) in [4.78, 5) is 13.8. The summed E-state index contributed by atoms with van der Waals surface area (Å²) in [7, 11) is 0. The Hall–Kier alpha value is -2.57. The van der Waals surface area contributed by atoms with Crippen molar-refractivity contribution < 1.29 is 34.7 Å². The predicted molar refractivity (Wildman–Crippen MR) is 99.9 cm³/mol. The minimum atomic E-state index is -1.52. The van der Waals surface area contributed by atoms with Gasteiger partial charge in [0.25, 0.3) is 0 Å². The maximum absolute atomic E-state index is 12.2. The number of aliphatic hydroxyl groups excluding tert-OH is 4. The van der Waals surface area contributed by atoms with Gasteiger partial charge < -0.3 is 29.9 Å². The van der Waals surface area contributed by atoms with Crippen molar-refractivity contribution in [2.24, 2.45) is 0 Å². The molecule has 4 rings (SSSR count). The fourth-order valence-electron chi connectivity index (χ4n) is 3.72. The lowest BCUT2D eigenvalue weighted by Gasteiger charge is -2.39. The second-order valence-corrected chi connectivity index (χ2v) is 7.46. The molecule has 1 aromatic heterocycles. The number of amides is 1. The number of rotatable bonds is 6. The van der Waals surface area contributed by atoms with Crippen molar-refractivity contribution in [3.05, 3.63) is 47.8 Å². The first-order chi connectivity index (χ1) is 14.5. The summed E-state index contributed by atoms with van der Waals surface area (Å²) < 4.78 is 11.9. The van der Waals surface area contributed by atoms with Crippen molar-refractivity contribution in [3.8, 4) is 0 Å². The molecule has 6 atom stereocenters. The molecule has 2 fully saturated rings. The molecule has 0 bridgehead atoms. The Kier molecular flexibility index (Phi) is 5.97. The van der Waals surface area contributed by atoms with Gasteiger partial charge in [0.2, 0.25) is 0 Å². The number of aliphatic hydroxyl groups is 4. The van der Waals surface area contributed by atoms with Gasteiger partial charge in [-0.15, -0.1) is 5.10 Å². The first kappa shape index (κ1) is 20.7. The smallest absolute Gasteiger partial charge is 0.410 e. The van der Waals surface area contributed by atoms with Crippen LogP contribution in [0.3, 0.4) is 0 Å². The molecule has 4 N–H and O–H groups in total. The predicted octanol–water partition coefficient (Wildman–Crippen LogP) is -1.19. The molecule has 2 aliphatic heterocycles. The van der Waals surface area contributed by atoms with Crippen LogP contribution in [0.5, 0.6) is 0 Å². The van der Waals surface area contributed by atoms with E-state index < -0.39 is 43.3 Å². The summed E-state index contributed by atoms with van der Waals surface area (Å²) in [5, 5.41) is 47.4. The van der Waals surface area contributed by atoms with E-state index >= 15 is 0 Å². The molecule has 0 spiro atoms. The topological polar surface area (TPSA) is 150 Å². The van der Waals surface area contributed by atoms with Crippen LogP contribution in [0.15, 0.2) is 36.5 Å². The molecule has 2 aromatic rings. The van der Waals surface area contributed by atoms with Crippen molar-refractivity contribution in [2.75, 3.05) is 13.2 Å². The largest absolute Gasteiger partial charge is 0.447 e. The molecule has 0 radical (unpaired) electrons. The normalized spacial score (nSPS) is 31.7. The zero-order chi connectivity index (χ0) is 21.3. The highest BCUT2D eigenvalue weighted by Gasteiger charge is 2.45. The van der Waals surface area contributed by atoms with E-state index in [1.807, 2.05) is 30.3 Å². The van der Waals surface area contributed by atoms with Crippen LogP contribution < -0.4 is 0 Å². The number of aromatic nitrogens is 3. The lowest BCUT2D eigenvalue weighted by Crippen LogP contribution is -2.56. The molecule has 11 heteroatoms. The fraction of sp³-hybridized carbons (Fsp3) is 0.526. The monoisotopic (exact) mass is 420 g/mol. The van der Waals surface area contributed by atoms with Crippen molar-refractivity contribution in [1.82, 2.24) is 19.9 Å². The van der Waals surface area contributed by atoms with E-state index in [1.165, 1.54) is 10.9 Å². The van der Waals surface area contributed by atoms with Gasteiger partial charge in [-0.1, -0.05) is 35.5 Å². The number of hydrogen-bond donors (Lipinski definition) is 4. The Bertz CT molecular complexity index is 862. The van der Waals surface area contributed by atoms with Crippen LogP contribution in [0.25, 0.3) is 0 Å². The fourth-order valence-corrected chi connectivity index (χ4v) is 3.72.